The number of phenols is 1. The van der Waals surface area contributed by atoms with Crippen molar-refractivity contribution in [2.24, 2.45) is 0 Å². The molecule has 4 aliphatic rings. The molecular weight excluding hydrogens is 562 g/mol. The van der Waals surface area contributed by atoms with Gasteiger partial charge in [-0.2, -0.15) is 9.97 Å². The van der Waals surface area contributed by atoms with Crippen LogP contribution in [0.25, 0.3) is 32.9 Å². The molecular formula is C34H38F2N6O2. The molecule has 0 amide bonds. The molecule has 8 rings (SSSR count). The van der Waals surface area contributed by atoms with Gasteiger partial charge in [0.15, 0.2) is 5.82 Å². The Kier molecular flexibility index (Phi) is 6.82. The van der Waals surface area contributed by atoms with Gasteiger partial charge in [0, 0.05) is 29.9 Å². The standard InChI is InChI=1S/C34H38F2N6O2/c1-2-24-27(35)8-5-19-13-23(43)16-25(28(19)24)30-29(36)31-26(17-37-30)32(39-22-14-20-6-7-21(15-22)38-20)41-33(40-31)44-18-34-9-3-11-42(34)12-4-10-34/h5,8,13,16-17,20-22,38,43H,2-4,6-7,9-12,14-15,18H2,1H3,(H,39,40,41). The fourth-order valence-electron chi connectivity index (χ4n) is 8.46. The summed E-state index contributed by atoms with van der Waals surface area (Å²) in [6.07, 6.45) is 10.7. The lowest BCUT2D eigenvalue weighted by atomic mass is 9.94. The number of halogens is 2. The molecule has 2 aromatic heterocycles. The molecule has 4 aliphatic heterocycles. The maximum Gasteiger partial charge on any atom is 0.319 e. The maximum absolute atomic E-state index is 16.7. The van der Waals surface area contributed by atoms with E-state index in [1.807, 2.05) is 6.92 Å². The van der Waals surface area contributed by atoms with Gasteiger partial charge in [0.1, 0.15) is 35.2 Å². The number of nitrogens with zero attached hydrogens (tertiary/aromatic N) is 4. The van der Waals surface area contributed by atoms with Gasteiger partial charge < -0.3 is 20.5 Å². The van der Waals surface area contributed by atoms with Crippen LogP contribution in [0, 0.1) is 11.6 Å². The number of rotatable bonds is 7. The van der Waals surface area contributed by atoms with Crippen LogP contribution < -0.4 is 15.4 Å². The Morgan fingerprint density at radius 2 is 1.86 bits per heavy atom. The molecule has 0 saturated carbocycles. The van der Waals surface area contributed by atoms with E-state index >= 15 is 4.39 Å². The van der Waals surface area contributed by atoms with Gasteiger partial charge in [-0.3, -0.25) is 9.88 Å². The monoisotopic (exact) mass is 600 g/mol. The Morgan fingerprint density at radius 1 is 1.09 bits per heavy atom. The molecule has 4 fully saturated rings. The number of aryl methyl sites for hydroxylation is 1. The van der Waals surface area contributed by atoms with E-state index in [2.05, 4.69) is 25.5 Å². The second-order valence-corrected chi connectivity index (χ2v) is 13.2. The highest BCUT2D eigenvalue weighted by Gasteiger charge is 2.45. The highest BCUT2D eigenvalue weighted by molar-refractivity contribution is 6.01. The molecule has 10 heteroatoms. The fourth-order valence-corrected chi connectivity index (χ4v) is 8.46. The van der Waals surface area contributed by atoms with Gasteiger partial charge in [-0.05, 0) is 105 Å². The third-order valence-electron chi connectivity index (χ3n) is 10.5. The van der Waals surface area contributed by atoms with Crippen LogP contribution in [0.1, 0.15) is 63.9 Å². The number of aromatic nitrogens is 3. The number of piperidine rings is 1. The van der Waals surface area contributed by atoms with Gasteiger partial charge >= 0.3 is 6.01 Å². The lowest BCUT2D eigenvalue weighted by Crippen LogP contribution is -2.44. The predicted molar refractivity (Wildman–Crippen MR) is 166 cm³/mol. The molecule has 0 aliphatic carbocycles. The van der Waals surface area contributed by atoms with Crippen LogP contribution >= 0.6 is 0 Å². The van der Waals surface area contributed by atoms with Crippen molar-refractivity contribution in [2.45, 2.75) is 88.4 Å². The summed E-state index contributed by atoms with van der Waals surface area (Å²) in [5, 5.41) is 19.5. The van der Waals surface area contributed by atoms with Gasteiger partial charge in [-0.25, -0.2) is 8.78 Å². The van der Waals surface area contributed by atoms with Crippen molar-refractivity contribution in [3.63, 3.8) is 0 Å². The van der Waals surface area contributed by atoms with E-state index in [1.165, 1.54) is 12.1 Å². The number of hydrogen-bond acceptors (Lipinski definition) is 8. The Balaban J connectivity index is 1.24. The molecule has 230 valence electrons. The lowest BCUT2D eigenvalue weighted by Gasteiger charge is -2.32. The van der Waals surface area contributed by atoms with E-state index in [4.69, 9.17) is 9.72 Å². The number of phenolic OH excluding ortho intramolecular Hbond substituents is 1. The van der Waals surface area contributed by atoms with E-state index in [9.17, 15) is 9.50 Å². The Bertz CT molecular complexity index is 1740. The van der Waals surface area contributed by atoms with Crippen molar-refractivity contribution < 1.29 is 18.6 Å². The van der Waals surface area contributed by atoms with Gasteiger partial charge in [0.25, 0.3) is 0 Å². The number of benzene rings is 2. The van der Waals surface area contributed by atoms with Gasteiger partial charge in [-0.15, -0.1) is 0 Å². The SMILES string of the molecule is CCc1c(F)ccc2cc(O)cc(-c3ncc4c(NC5CC6CCC(C5)N6)nc(OCC56CCCN5CCC6)nc4c3F)c12. The Morgan fingerprint density at radius 3 is 2.61 bits per heavy atom. The molecule has 6 heterocycles. The van der Waals surface area contributed by atoms with Crippen LogP contribution in [0.5, 0.6) is 11.8 Å². The van der Waals surface area contributed by atoms with Gasteiger partial charge in [-0.1, -0.05) is 13.0 Å². The maximum atomic E-state index is 16.7. The van der Waals surface area contributed by atoms with E-state index in [0.717, 1.165) is 64.5 Å². The summed E-state index contributed by atoms with van der Waals surface area (Å²) in [5.41, 5.74) is 0.865. The van der Waals surface area contributed by atoms with Crippen LogP contribution in [-0.4, -0.2) is 68.3 Å². The number of nitrogens with one attached hydrogen (secondary N) is 2. The molecule has 2 atom stereocenters. The summed E-state index contributed by atoms with van der Waals surface area (Å²) >= 11 is 0. The van der Waals surface area contributed by atoms with E-state index in [1.54, 1.807) is 18.3 Å². The molecule has 2 bridgehead atoms. The quantitative estimate of drug-likeness (QED) is 0.235. The third-order valence-corrected chi connectivity index (χ3v) is 10.5. The van der Waals surface area contributed by atoms with Crippen molar-refractivity contribution >= 4 is 27.5 Å². The molecule has 0 radical (unpaired) electrons. The number of aromatic hydroxyl groups is 1. The van der Waals surface area contributed by atoms with Crippen LogP contribution in [0.4, 0.5) is 14.6 Å². The van der Waals surface area contributed by atoms with Gasteiger partial charge in [0.05, 0.1) is 10.9 Å². The largest absolute Gasteiger partial charge is 0.508 e. The molecule has 2 aromatic carbocycles. The van der Waals surface area contributed by atoms with Crippen molar-refractivity contribution in [3.8, 4) is 23.0 Å². The van der Waals surface area contributed by atoms with E-state index < -0.39 is 5.82 Å². The second-order valence-electron chi connectivity index (χ2n) is 13.2. The minimum atomic E-state index is -0.650. The number of fused-ring (bicyclic) bond motifs is 5. The van der Waals surface area contributed by atoms with Crippen molar-refractivity contribution in [3.05, 3.63) is 47.7 Å². The first-order valence-electron chi connectivity index (χ1n) is 16.1. The average Bonchev–Trinajstić information content (AvgIpc) is 3.70. The van der Waals surface area contributed by atoms with Crippen LogP contribution in [0.15, 0.2) is 30.5 Å². The summed E-state index contributed by atoms with van der Waals surface area (Å²) in [6, 6.07) is 7.27. The minimum Gasteiger partial charge on any atom is -0.508 e. The van der Waals surface area contributed by atoms with Crippen LogP contribution in [0.2, 0.25) is 0 Å². The van der Waals surface area contributed by atoms with Crippen molar-refractivity contribution in [1.29, 1.82) is 0 Å². The summed E-state index contributed by atoms with van der Waals surface area (Å²) in [7, 11) is 0. The summed E-state index contributed by atoms with van der Waals surface area (Å²) in [5.74, 6) is -0.555. The molecule has 4 saturated heterocycles. The third kappa shape index (κ3) is 4.65. The molecule has 8 nitrogen and oxygen atoms in total. The molecule has 4 aromatic rings. The first kappa shape index (κ1) is 27.9. The smallest absolute Gasteiger partial charge is 0.319 e. The second kappa shape index (κ2) is 10.8. The highest BCUT2D eigenvalue weighted by Crippen LogP contribution is 2.41. The molecule has 0 spiro atoms. The van der Waals surface area contributed by atoms with Crippen molar-refractivity contribution in [2.75, 3.05) is 25.0 Å². The van der Waals surface area contributed by atoms with Crippen LogP contribution in [0.3, 0.4) is 0 Å². The van der Waals surface area contributed by atoms with Gasteiger partial charge in [0.2, 0.25) is 0 Å². The highest BCUT2D eigenvalue weighted by atomic mass is 19.1. The zero-order chi connectivity index (χ0) is 30.0. The Labute approximate surface area is 255 Å². The minimum absolute atomic E-state index is 0.00515. The molecule has 2 unspecified atom stereocenters. The van der Waals surface area contributed by atoms with E-state index in [0.29, 0.717) is 58.2 Å². The zero-order valence-electron chi connectivity index (χ0n) is 25.0. The Hall–Kier alpha value is -3.63. The first-order chi connectivity index (χ1) is 21.4. The number of ether oxygens (including phenoxy) is 1. The molecule has 44 heavy (non-hydrogen) atoms. The zero-order valence-corrected chi connectivity index (χ0v) is 25.0. The van der Waals surface area contributed by atoms with Crippen LogP contribution in [-0.2, 0) is 6.42 Å². The fraction of sp³-hybridized carbons (Fsp3) is 0.500. The summed E-state index contributed by atoms with van der Waals surface area (Å²) < 4.78 is 38.0. The number of pyridine rings is 1. The average molecular weight is 601 g/mol. The predicted octanol–water partition coefficient (Wildman–Crippen LogP) is 6.09. The lowest BCUT2D eigenvalue weighted by molar-refractivity contribution is 0.108. The topological polar surface area (TPSA) is 95.4 Å². The van der Waals surface area contributed by atoms with E-state index in [-0.39, 0.29) is 40.4 Å². The van der Waals surface area contributed by atoms with Crippen molar-refractivity contribution in [1.82, 2.24) is 25.2 Å². The normalized spacial score (nSPS) is 24.3. The summed E-state index contributed by atoms with van der Waals surface area (Å²) in [4.78, 5) is 16.5. The number of hydrogen-bond donors (Lipinski definition) is 3. The number of anilines is 1. The molecule has 3 N–H and O–H groups in total. The first-order valence-corrected chi connectivity index (χ1v) is 16.1. The summed E-state index contributed by atoms with van der Waals surface area (Å²) in [6.45, 7) is 4.48.